The van der Waals surface area contributed by atoms with Crippen LogP contribution in [0.4, 0.5) is 4.39 Å². The SMILES string of the molecule is O=c1cc(Br)cnn1Cc1cccc(F)c1. The van der Waals surface area contributed by atoms with E-state index in [1.807, 2.05) is 0 Å². The summed E-state index contributed by atoms with van der Waals surface area (Å²) >= 11 is 3.16. The van der Waals surface area contributed by atoms with Crippen molar-refractivity contribution in [1.29, 1.82) is 0 Å². The van der Waals surface area contributed by atoms with Crippen molar-refractivity contribution in [2.45, 2.75) is 6.54 Å². The summed E-state index contributed by atoms with van der Waals surface area (Å²) in [6.07, 6.45) is 1.53. The molecule has 0 fully saturated rings. The van der Waals surface area contributed by atoms with Crippen molar-refractivity contribution in [3.8, 4) is 0 Å². The van der Waals surface area contributed by atoms with Gasteiger partial charge in [0.25, 0.3) is 5.56 Å². The molecule has 3 nitrogen and oxygen atoms in total. The molecule has 0 radical (unpaired) electrons. The zero-order chi connectivity index (χ0) is 11.5. The van der Waals surface area contributed by atoms with Crippen LogP contribution in [-0.4, -0.2) is 9.78 Å². The van der Waals surface area contributed by atoms with E-state index in [1.165, 1.54) is 29.1 Å². The first-order valence-corrected chi connectivity index (χ1v) is 5.41. The van der Waals surface area contributed by atoms with Gasteiger partial charge in [-0.2, -0.15) is 5.10 Å². The predicted molar refractivity (Wildman–Crippen MR) is 61.7 cm³/mol. The van der Waals surface area contributed by atoms with Gasteiger partial charge in [-0.25, -0.2) is 9.07 Å². The molecule has 82 valence electrons. The van der Waals surface area contributed by atoms with Crippen LogP contribution < -0.4 is 5.56 Å². The van der Waals surface area contributed by atoms with Crippen LogP contribution in [0.3, 0.4) is 0 Å². The highest BCUT2D eigenvalue weighted by atomic mass is 79.9. The van der Waals surface area contributed by atoms with Gasteiger partial charge in [0.1, 0.15) is 5.82 Å². The second-order valence-corrected chi connectivity index (χ2v) is 4.22. The number of halogens is 2. The molecule has 0 aliphatic heterocycles. The molecule has 0 aliphatic carbocycles. The second kappa shape index (κ2) is 4.57. The van der Waals surface area contributed by atoms with Crippen LogP contribution in [0, 0.1) is 5.82 Å². The fourth-order valence-electron chi connectivity index (χ4n) is 1.34. The average Bonchev–Trinajstić information content (AvgIpc) is 2.22. The third kappa shape index (κ3) is 2.55. The van der Waals surface area contributed by atoms with Crippen LogP contribution in [0.15, 0.2) is 45.8 Å². The van der Waals surface area contributed by atoms with Gasteiger partial charge in [0.2, 0.25) is 0 Å². The summed E-state index contributed by atoms with van der Waals surface area (Å²) in [4.78, 5) is 11.5. The molecule has 0 atom stereocenters. The lowest BCUT2D eigenvalue weighted by atomic mass is 10.2. The lowest BCUT2D eigenvalue weighted by molar-refractivity contribution is 0.610. The zero-order valence-corrected chi connectivity index (χ0v) is 9.82. The molecule has 0 bridgehead atoms. The topological polar surface area (TPSA) is 34.9 Å². The highest BCUT2D eigenvalue weighted by Gasteiger charge is 2.00. The minimum Gasteiger partial charge on any atom is -0.268 e. The van der Waals surface area contributed by atoms with Crippen molar-refractivity contribution in [1.82, 2.24) is 9.78 Å². The first kappa shape index (κ1) is 11.0. The Morgan fingerprint density at radius 3 is 2.88 bits per heavy atom. The summed E-state index contributed by atoms with van der Waals surface area (Å²) in [6.45, 7) is 0.268. The van der Waals surface area contributed by atoms with Crippen LogP contribution in [0.25, 0.3) is 0 Å². The lowest BCUT2D eigenvalue weighted by Crippen LogP contribution is -2.22. The van der Waals surface area contributed by atoms with Crippen molar-refractivity contribution in [3.63, 3.8) is 0 Å². The Labute approximate surface area is 99.7 Å². The Bertz CT molecular complexity index is 568. The van der Waals surface area contributed by atoms with Crippen molar-refractivity contribution in [2.24, 2.45) is 0 Å². The minimum absolute atomic E-state index is 0.223. The molecule has 1 aromatic heterocycles. The lowest BCUT2D eigenvalue weighted by Gasteiger charge is -2.04. The van der Waals surface area contributed by atoms with Gasteiger partial charge in [0, 0.05) is 10.5 Å². The summed E-state index contributed by atoms with van der Waals surface area (Å²) < 4.78 is 14.8. The average molecular weight is 283 g/mol. The molecule has 0 saturated heterocycles. The van der Waals surface area contributed by atoms with E-state index < -0.39 is 0 Å². The molecular weight excluding hydrogens is 275 g/mol. The Balaban J connectivity index is 2.31. The predicted octanol–water partition coefficient (Wildman–Crippen LogP) is 2.19. The van der Waals surface area contributed by atoms with Crippen LogP contribution in [0.5, 0.6) is 0 Å². The van der Waals surface area contributed by atoms with Crippen molar-refractivity contribution in [2.75, 3.05) is 0 Å². The van der Waals surface area contributed by atoms with Crippen molar-refractivity contribution >= 4 is 15.9 Å². The molecule has 1 aromatic carbocycles. The van der Waals surface area contributed by atoms with Gasteiger partial charge < -0.3 is 0 Å². The van der Waals surface area contributed by atoms with Gasteiger partial charge in [-0.3, -0.25) is 4.79 Å². The quantitative estimate of drug-likeness (QED) is 0.846. The molecule has 0 spiro atoms. The number of rotatable bonds is 2. The Morgan fingerprint density at radius 1 is 1.38 bits per heavy atom. The van der Waals surface area contributed by atoms with Crippen LogP contribution >= 0.6 is 15.9 Å². The van der Waals surface area contributed by atoms with Crippen molar-refractivity contribution in [3.05, 3.63) is 62.7 Å². The smallest absolute Gasteiger partial charge is 0.268 e. The molecule has 0 N–H and O–H groups in total. The van der Waals surface area contributed by atoms with E-state index in [0.717, 1.165) is 0 Å². The van der Waals surface area contributed by atoms with E-state index >= 15 is 0 Å². The third-order valence-electron chi connectivity index (χ3n) is 2.06. The Kier molecular flexibility index (Phi) is 3.14. The van der Waals surface area contributed by atoms with Crippen LogP contribution in [0.1, 0.15) is 5.56 Å². The number of nitrogens with zero attached hydrogens (tertiary/aromatic N) is 2. The van der Waals surface area contributed by atoms with Gasteiger partial charge in [-0.15, -0.1) is 0 Å². The van der Waals surface area contributed by atoms with E-state index in [1.54, 1.807) is 12.1 Å². The van der Waals surface area contributed by atoms with E-state index in [0.29, 0.717) is 10.0 Å². The number of hydrogen-bond acceptors (Lipinski definition) is 2. The van der Waals surface area contributed by atoms with E-state index in [-0.39, 0.29) is 17.9 Å². The van der Waals surface area contributed by atoms with E-state index in [9.17, 15) is 9.18 Å². The third-order valence-corrected chi connectivity index (χ3v) is 2.49. The van der Waals surface area contributed by atoms with Gasteiger partial charge >= 0.3 is 0 Å². The summed E-state index contributed by atoms with van der Waals surface area (Å²) in [6, 6.07) is 7.53. The largest absolute Gasteiger partial charge is 0.268 e. The van der Waals surface area contributed by atoms with Crippen molar-refractivity contribution < 1.29 is 4.39 Å². The molecule has 2 aromatic rings. The first-order valence-electron chi connectivity index (χ1n) is 4.62. The van der Waals surface area contributed by atoms with E-state index in [4.69, 9.17) is 0 Å². The maximum Gasteiger partial charge on any atom is 0.268 e. The molecule has 2 rings (SSSR count). The number of aromatic nitrogens is 2. The standard InChI is InChI=1S/C11H8BrFN2O/c12-9-5-11(16)15(14-6-9)7-8-2-1-3-10(13)4-8/h1-6H,7H2. The molecule has 5 heteroatoms. The minimum atomic E-state index is -0.317. The summed E-state index contributed by atoms with van der Waals surface area (Å²) in [5, 5.41) is 3.94. The normalized spacial score (nSPS) is 10.4. The Morgan fingerprint density at radius 2 is 2.19 bits per heavy atom. The molecule has 1 heterocycles. The second-order valence-electron chi connectivity index (χ2n) is 3.30. The number of hydrogen-bond donors (Lipinski definition) is 0. The monoisotopic (exact) mass is 282 g/mol. The fraction of sp³-hybridized carbons (Fsp3) is 0.0909. The maximum atomic E-state index is 12.9. The highest BCUT2D eigenvalue weighted by Crippen LogP contribution is 2.05. The molecular formula is C11H8BrFN2O. The summed E-state index contributed by atoms with van der Waals surface area (Å²) in [5.41, 5.74) is 0.482. The van der Waals surface area contributed by atoms with Crippen LogP contribution in [0.2, 0.25) is 0 Å². The molecule has 0 amide bonds. The molecule has 0 unspecified atom stereocenters. The van der Waals surface area contributed by atoms with Gasteiger partial charge in [0.15, 0.2) is 0 Å². The summed E-state index contributed by atoms with van der Waals surface area (Å²) in [5.74, 6) is -0.317. The highest BCUT2D eigenvalue weighted by molar-refractivity contribution is 9.10. The fourth-order valence-corrected chi connectivity index (χ4v) is 1.63. The molecule has 0 aliphatic rings. The maximum absolute atomic E-state index is 12.9. The van der Waals surface area contributed by atoms with Gasteiger partial charge in [0.05, 0.1) is 12.7 Å². The van der Waals surface area contributed by atoms with Gasteiger partial charge in [-0.05, 0) is 33.6 Å². The number of benzene rings is 1. The van der Waals surface area contributed by atoms with Crippen LogP contribution in [-0.2, 0) is 6.54 Å². The van der Waals surface area contributed by atoms with Gasteiger partial charge in [-0.1, -0.05) is 12.1 Å². The van der Waals surface area contributed by atoms with E-state index in [2.05, 4.69) is 21.0 Å². The zero-order valence-electron chi connectivity index (χ0n) is 8.23. The Hall–Kier alpha value is -1.49. The first-order chi connectivity index (χ1) is 7.65. The molecule has 0 saturated carbocycles. The summed E-state index contributed by atoms with van der Waals surface area (Å²) in [7, 11) is 0. The molecule has 16 heavy (non-hydrogen) atoms.